The van der Waals surface area contributed by atoms with Gasteiger partial charge in [0.2, 0.25) is 5.91 Å². The van der Waals surface area contributed by atoms with Crippen molar-refractivity contribution in [3.05, 3.63) is 57.8 Å². The van der Waals surface area contributed by atoms with Gasteiger partial charge in [-0.05, 0) is 29.5 Å². The van der Waals surface area contributed by atoms with Crippen LogP contribution in [0.1, 0.15) is 22.0 Å². The minimum absolute atomic E-state index is 0.0476. The van der Waals surface area contributed by atoms with Crippen molar-refractivity contribution in [2.75, 3.05) is 6.54 Å². The normalized spacial score (nSPS) is 18.7. The Hall–Kier alpha value is -2.14. The maximum Gasteiger partial charge on any atom is 0.250 e. The van der Waals surface area contributed by atoms with Crippen LogP contribution >= 0.6 is 11.3 Å². The molecule has 1 saturated heterocycles. The van der Waals surface area contributed by atoms with Crippen LogP contribution in [0.2, 0.25) is 0 Å². The molecule has 1 aliphatic rings. The summed E-state index contributed by atoms with van der Waals surface area (Å²) < 4.78 is 0. The SMILES string of the molecule is Cc1ccsc1CN1CC(=O)NC(c2ccccc2)C1=O. The van der Waals surface area contributed by atoms with E-state index >= 15 is 0 Å². The summed E-state index contributed by atoms with van der Waals surface area (Å²) in [7, 11) is 0. The molecule has 1 aromatic carbocycles. The first-order valence-electron chi connectivity index (χ1n) is 6.81. The lowest BCUT2D eigenvalue weighted by molar-refractivity contribution is -0.145. The largest absolute Gasteiger partial charge is 0.339 e. The van der Waals surface area contributed by atoms with E-state index in [1.165, 1.54) is 0 Å². The average molecular weight is 300 g/mol. The summed E-state index contributed by atoms with van der Waals surface area (Å²) in [6.45, 7) is 2.65. The fourth-order valence-corrected chi connectivity index (χ4v) is 3.37. The topological polar surface area (TPSA) is 49.4 Å². The molecule has 1 aromatic heterocycles. The van der Waals surface area contributed by atoms with Gasteiger partial charge in [-0.3, -0.25) is 9.59 Å². The van der Waals surface area contributed by atoms with E-state index in [1.807, 2.05) is 48.7 Å². The first-order valence-corrected chi connectivity index (χ1v) is 7.69. The van der Waals surface area contributed by atoms with E-state index in [0.717, 1.165) is 16.0 Å². The second kappa shape index (κ2) is 5.69. The lowest BCUT2D eigenvalue weighted by Gasteiger charge is -2.32. The second-order valence-corrected chi connectivity index (χ2v) is 6.13. The van der Waals surface area contributed by atoms with Crippen LogP contribution in [0.5, 0.6) is 0 Å². The summed E-state index contributed by atoms with van der Waals surface area (Å²) in [4.78, 5) is 27.3. The van der Waals surface area contributed by atoms with Crippen LogP contribution in [0.15, 0.2) is 41.8 Å². The Balaban J connectivity index is 1.84. The van der Waals surface area contributed by atoms with Crippen molar-refractivity contribution >= 4 is 23.2 Å². The van der Waals surface area contributed by atoms with Crippen LogP contribution in [0.3, 0.4) is 0 Å². The fourth-order valence-electron chi connectivity index (χ4n) is 2.45. The molecule has 2 aromatic rings. The highest BCUT2D eigenvalue weighted by Crippen LogP contribution is 2.23. The summed E-state index contributed by atoms with van der Waals surface area (Å²) in [6, 6.07) is 10.8. The highest BCUT2D eigenvalue weighted by atomic mass is 32.1. The van der Waals surface area contributed by atoms with Crippen molar-refractivity contribution in [2.45, 2.75) is 19.5 Å². The number of piperazine rings is 1. The zero-order valence-corrected chi connectivity index (χ0v) is 12.5. The fraction of sp³-hybridized carbons (Fsp3) is 0.250. The van der Waals surface area contributed by atoms with Gasteiger partial charge in [0, 0.05) is 4.88 Å². The molecule has 0 spiro atoms. The Morgan fingerprint density at radius 3 is 2.67 bits per heavy atom. The molecule has 4 nitrogen and oxygen atoms in total. The number of nitrogens with zero attached hydrogens (tertiary/aromatic N) is 1. The number of hydrogen-bond acceptors (Lipinski definition) is 3. The van der Waals surface area contributed by atoms with Crippen molar-refractivity contribution in [3.8, 4) is 0 Å². The summed E-state index contributed by atoms with van der Waals surface area (Å²) in [5.41, 5.74) is 1.98. The highest BCUT2D eigenvalue weighted by Gasteiger charge is 2.33. The molecular formula is C16H16N2O2S. The molecule has 2 amide bonds. The van der Waals surface area contributed by atoms with Crippen molar-refractivity contribution in [1.82, 2.24) is 10.2 Å². The van der Waals surface area contributed by atoms with Crippen LogP contribution in [0, 0.1) is 6.92 Å². The maximum absolute atomic E-state index is 12.6. The third-order valence-electron chi connectivity index (χ3n) is 3.63. The number of hydrogen-bond donors (Lipinski definition) is 1. The molecule has 0 bridgehead atoms. The van der Waals surface area contributed by atoms with Crippen molar-refractivity contribution in [1.29, 1.82) is 0 Å². The second-order valence-electron chi connectivity index (χ2n) is 5.13. The number of rotatable bonds is 3. The molecule has 21 heavy (non-hydrogen) atoms. The average Bonchev–Trinajstić information content (AvgIpc) is 2.89. The monoisotopic (exact) mass is 300 g/mol. The third-order valence-corrected chi connectivity index (χ3v) is 4.64. The zero-order chi connectivity index (χ0) is 14.8. The molecule has 3 rings (SSSR count). The molecular weight excluding hydrogens is 284 g/mol. The standard InChI is InChI=1S/C16H16N2O2S/c1-11-7-8-21-13(11)9-18-10-14(19)17-15(16(18)20)12-5-3-2-4-6-12/h2-8,15H,9-10H2,1H3,(H,17,19). The van der Waals surface area contributed by atoms with Crippen LogP contribution in [-0.2, 0) is 16.1 Å². The molecule has 0 saturated carbocycles. The smallest absolute Gasteiger partial charge is 0.250 e. The quantitative estimate of drug-likeness (QED) is 0.945. The number of benzene rings is 1. The Kier molecular flexibility index (Phi) is 3.75. The number of nitrogens with one attached hydrogen (secondary N) is 1. The van der Waals surface area contributed by atoms with Crippen molar-refractivity contribution < 1.29 is 9.59 Å². The lowest BCUT2D eigenvalue weighted by Crippen LogP contribution is -2.52. The van der Waals surface area contributed by atoms with Gasteiger partial charge in [-0.15, -0.1) is 11.3 Å². The Bertz CT molecular complexity index is 666. The van der Waals surface area contributed by atoms with Crippen molar-refractivity contribution in [3.63, 3.8) is 0 Å². The number of carbonyl (C=O) groups excluding carboxylic acids is 2. The Morgan fingerprint density at radius 2 is 2.00 bits per heavy atom. The number of amides is 2. The van der Waals surface area contributed by atoms with E-state index in [4.69, 9.17) is 0 Å². The number of carbonyl (C=O) groups is 2. The van der Waals surface area contributed by atoms with Gasteiger partial charge in [0.05, 0.1) is 6.54 Å². The third kappa shape index (κ3) is 2.83. The van der Waals surface area contributed by atoms with Gasteiger partial charge < -0.3 is 10.2 Å². The van der Waals surface area contributed by atoms with Gasteiger partial charge in [-0.25, -0.2) is 0 Å². The molecule has 1 atom stereocenters. The Labute approximate surface area is 127 Å². The van der Waals surface area contributed by atoms with E-state index < -0.39 is 6.04 Å². The van der Waals surface area contributed by atoms with E-state index in [2.05, 4.69) is 5.32 Å². The lowest BCUT2D eigenvalue weighted by atomic mass is 10.0. The molecule has 1 N–H and O–H groups in total. The zero-order valence-electron chi connectivity index (χ0n) is 11.7. The van der Waals surface area contributed by atoms with Crippen LogP contribution in [0.4, 0.5) is 0 Å². The van der Waals surface area contributed by atoms with Gasteiger partial charge in [-0.2, -0.15) is 0 Å². The van der Waals surface area contributed by atoms with E-state index in [1.54, 1.807) is 16.2 Å². The molecule has 2 heterocycles. The van der Waals surface area contributed by atoms with E-state index in [0.29, 0.717) is 6.54 Å². The Morgan fingerprint density at radius 1 is 1.24 bits per heavy atom. The van der Waals surface area contributed by atoms with E-state index in [-0.39, 0.29) is 18.4 Å². The van der Waals surface area contributed by atoms with Gasteiger partial charge in [0.1, 0.15) is 12.6 Å². The number of thiophene rings is 1. The predicted molar refractivity (Wildman–Crippen MR) is 81.8 cm³/mol. The van der Waals surface area contributed by atoms with Gasteiger partial charge in [0.15, 0.2) is 0 Å². The first kappa shape index (κ1) is 13.8. The van der Waals surface area contributed by atoms with Crippen LogP contribution in [0.25, 0.3) is 0 Å². The molecule has 0 aliphatic carbocycles. The molecule has 1 fully saturated rings. The van der Waals surface area contributed by atoms with Gasteiger partial charge >= 0.3 is 0 Å². The summed E-state index contributed by atoms with van der Waals surface area (Å²) in [5.74, 6) is -0.161. The maximum atomic E-state index is 12.6. The first-order chi connectivity index (χ1) is 10.1. The van der Waals surface area contributed by atoms with Gasteiger partial charge in [0.25, 0.3) is 5.91 Å². The number of aryl methyl sites for hydroxylation is 1. The van der Waals surface area contributed by atoms with Crippen LogP contribution in [-0.4, -0.2) is 23.3 Å². The molecule has 1 aliphatic heterocycles. The summed E-state index contributed by atoms with van der Waals surface area (Å²) >= 11 is 1.62. The minimum atomic E-state index is -0.576. The van der Waals surface area contributed by atoms with Gasteiger partial charge in [-0.1, -0.05) is 30.3 Å². The molecule has 1 unspecified atom stereocenters. The molecule has 0 radical (unpaired) electrons. The van der Waals surface area contributed by atoms with Crippen LogP contribution < -0.4 is 5.32 Å². The summed E-state index contributed by atoms with van der Waals surface area (Å²) in [5, 5.41) is 4.79. The molecule has 5 heteroatoms. The summed E-state index contributed by atoms with van der Waals surface area (Å²) in [6.07, 6.45) is 0. The highest BCUT2D eigenvalue weighted by molar-refractivity contribution is 7.10. The minimum Gasteiger partial charge on any atom is -0.339 e. The predicted octanol–water partition coefficient (Wildman–Crippen LogP) is 2.26. The van der Waals surface area contributed by atoms with E-state index in [9.17, 15) is 9.59 Å². The molecule has 108 valence electrons. The van der Waals surface area contributed by atoms with Crippen molar-refractivity contribution in [2.24, 2.45) is 0 Å².